The van der Waals surface area contributed by atoms with Gasteiger partial charge in [-0.2, -0.15) is 0 Å². The number of Topliss-reactive ketones (excluding diaryl/α,β-unsaturated/α-hetero) is 1. The van der Waals surface area contributed by atoms with Crippen molar-refractivity contribution in [3.63, 3.8) is 0 Å². The smallest absolute Gasteiger partial charge is 0.429 e. The van der Waals surface area contributed by atoms with Crippen LogP contribution in [0.25, 0.3) is 0 Å². The number of hydrazine groups is 1. The normalized spacial score (nSPS) is 17.0. The van der Waals surface area contributed by atoms with Gasteiger partial charge in [0.05, 0.1) is 7.11 Å². The van der Waals surface area contributed by atoms with E-state index in [-0.39, 0.29) is 24.7 Å². The van der Waals surface area contributed by atoms with Crippen LogP contribution in [-0.2, 0) is 9.53 Å². The zero-order valence-corrected chi connectivity index (χ0v) is 16.9. The molecule has 1 saturated heterocycles. The van der Waals surface area contributed by atoms with Crippen molar-refractivity contribution in [3.05, 3.63) is 29.3 Å². The Bertz CT molecular complexity index is 738. The van der Waals surface area contributed by atoms with Crippen LogP contribution in [0.2, 0.25) is 0 Å². The number of carbonyl (C=O) groups excluding carboxylic acids is 3. The lowest BCUT2D eigenvalue weighted by molar-refractivity contribution is -0.144. The van der Waals surface area contributed by atoms with Crippen LogP contribution in [0.15, 0.2) is 18.2 Å². The largest absolute Gasteiger partial charge is 0.497 e. The van der Waals surface area contributed by atoms with Crippen LogP contribution < -0.4 is 4.74 Å². The maximum absolute atomic E-state index is 13.1. The molecule has 1 atom stereocenters. The molecule has 27 heavy (non-hydrogen) atoms. The van der Waals surface area contributed by atoms with Gasteiger partial charge >= 0.3 is 6.09 Å². The van der Waals surface area contributed by atoms with E-state index in [0.717, 1.165) is 5.56 Å². The molecular formula is C20H28N2O5. The number of aryl methyl sites for hydroxylation is 1. The maximum Gasteiger partial charge on any atom is 0.429 e. The highest BCUT2D eigenvalue weighted by Crippen LogP contribution is 2.28. The summed E-state index contributed by atoms with van der Waals surface area (Å²) in [5, 5.41) is 2.49. The summed E-state index contributed by atoms with van der Waals surface area (Å²) in [5.74, 6) is 0.211. The lowest BCUT2D eigenvalue weighted by Gasteiger charge is -2.35. The number of hydrogen-bond acceptors (Lipinski definition) is 5. The average molecular weight is 376 g/mol. The number of hydrogen-bond donors (Lipinski definition) is 0. The van der Waals surface area contributed by atoms with Gasteiger partial charge < -0.3 is 9.47 Å². The maximum atomic E-state index is 13.1. The molecule has 7 heteroatoms. The Morgan fingerprint density at radius 1 is 1.30 bits per heavy atom. The number of benzene rings is 1. The van der Waals surface area contributed by atoms with Gasteiger partial charge in [-0.15, -0.1) is 0 Å². The van der Waals surface area contributed by atoms with E-state index < -0.39 is 17.7 Å². The first kappa shape index (κ1) is 20.7. The zero-order chi connectivity index (χ0) is 20.4. The Morgan fingerprint density at radius 3 is 2.48 bits per heavy atom. The molecule has 7 nitrogen and oxygen atoms in total. The van der Waals surface area contributed by atoms with E-state index in [2.05, 4.69) is 0 Å². The molecule has 0 saturated carbocycles. The van der Waals surface area contributed by atoms with E-state index >= 15 is 0 Å². The molecule has 0 radical (unpaired) electrons. The summed E-state index contributed by atoms with van der Waals surface area (Å²) in [6, 6.07) is 4.46. The van der Waals surface area contributed by atoms with Crippen molar-refractivity contribution in [3.8, 4) is 5.75 Å². The van der Waals surface area contributed by atoms with Crippen LogP contribution in [0.5, 0.6) is 5.75 Å². The average Bonchev–Trinajstić information content (AvgIpc) is 2.95. The van der Waals surface area contributed by atoms with Crippen LogP contribution in [0.4, 0.5) is 4.79 Å². The van der Waals surface area contributed by atoms with E-state index in [1.165, 1.54) is 10.0 Å². The summed E-state index contributed by atoms with van der Waals surface area (Å²) in [6.07, 6.45) is -0.0580. The minimum Gasteiger partial charge on any atom is -0.497 e. The highest BCUT2D eigenvalue weighted by atomic mass is 16.6. The lowest BCUT2D eigenvalue weighted by atomic mass is 9.98. The van der Waals surface area contributed by atoms with Crippen LogP contribution in [-0.4, -0.2) is 53.1 Å². The SMILES string of the molecule is CCN(C(=O)OC(C)(C)C)N1C(=O)CCC1C(=O)c1ccc(OC)cc1C. The van der Waals surface area contributed by atoms with Gasteiger partial charge in [-0.1, -0.05) is 0 Å². The Hall–Kier alpha value is -2.57. The van der Waals surface area contributed by atoms with Crippen molar-refractivity contribution in [1.29, 1.82) is 0 Å². The van der Waals surface area contributed by atoms with Gasteiger partial charge in [0.2, 0.25) is 5.91 Å². The van der Waals surface area contributed by atoms with Crippen LogP contribution in [0.3, 0.4) is 0 Å². The van der Waals surface area contributed by atoms with Gasteiger partial charge in [0, 0.05) is 18.5 Å². The van der Waals surface area contributed by atoms with Gasteiger partial charge in [0.25, 0.3) is 0 Å². The van der Waals surface area contributed by atoms with Gasteiger partial charge in [-0.25, -0.2) is 14.8 Å². The van der Waals surface area contributed by atoms with Crippen molar-refractivity contribution in [1.82, 2.24) is 10.0 Å². The molecule has 1 heterocycles. The number of amides is 2. The van der Waals surface area contributed by atoms with Gasteiger partial charge in [0.1, 0.15) is 17.4 Å². The Labute approximate surface area is 160 Å². The second-order valence-electron chi connectivity index (χ2n) is 7.53. The summed E-state index contributed by atoms with van der Waals surface area (Å²) in [4.78, 5) is 38.2. The molecule has 1 aliphatic rings. The number of carbonyl (C=O) groups is 3. The Morgan fingerprint density at radius 2 is 1.96 bits per heavy atom. The highest BCUT2D eigenvalue weighted by molar-refractivity contribution is 6.04. The molecule has 0 bridgehead atoms. The number of methoxy groups -OCH3 is 1. The first-order valence-corrected chi connectivity index (χ1v) is 9.10. The highest BCUT2D eigenvalue weighted by Gasteiger charge is 2.42. The molecular weight excluding hydrogens is 348 g/mol. The lowest BCUT2D eigenvalue weighted by Crippen LogP contribution is -2.54. The van der Waals surface area contributed by atoms with Crippen molar-refractivity contribution in [2.75, 3.05) is 13.7 Å². The fourth-order valence-electron chi connectivity index (χ4n) is 3.12. The van der Waals surface area contributed by atoms with Crippen molar-refractivity contribution >= 4 is 17.8 Å². The second kappa shape index (κ2) is 7.98. The van der Waals surface area contributed by atoms with E-state index in [4.69, 9.17) is 9.47 Å². The Kier molecular flexibility index (Phi) is 6.13. The topological polar surface area (TPSA) is 76.2 Å². The molecule has 2 amide bonds. The molecule has 0 aromatic heterocycles. The number of ketones is 1. The molecule has 2 rings (SSSR count). The fraction of sp³-hybridized carbons (Fsp3) is 0.550. The van der Waals surface area contributed by atoms with E-state index in [1.54, 1.807) is 53.0 Å². The van der Waals surface area contributed by atoms with Gasteiger partial charge in [0.15, 0.2) is 5.78 Å². The zero-order valence-electron chi connectivity index (χ0n) is 16.9. The van der Waals surface area contributed by atoms with Crippen molar-refractivity contribution in [2.45, 2.75) is 59.1 Å². The van der Waals surface area contributed by atoms with Crippen LogP contribution in [0, 0.1) is 6.92 Å². The minimum atomic E-state index is -0.725. The minimum absolute atomic E-state index is 0.192. The number of nitrogens with zero attached hydrogens (tertiary/aromatic N) is 2. The van der Waals surface area contributed by atoms with Crippen molar-refractivity contribution < 1.29 is 23.9 Å². The van der Waals surface area contributed by atoms with Gasteiger partial charge in [-0.3, -0.25) is 9.59 Å². The van der Waals surface area contributed by atoms with Crippen LogP contribution >= 0.6 is 0 Å². The van der Waals surface area contributed by atoms with Crippen LogP contribution in [0.1, 0.15) is 56.5 Å². The third-order valence-corrected chi connectivity index (χ3v) is 4.35. The second-order valence-corrected chi connectivity index (χ2v) is 7.53. The van der Waals surface area contributed by atoms with E-state index in [0.29, 0.717) is 17.7 Å². The van der Waals surface area contributed by atoms with Gasteiger partial charge in [-0.05, 0) is 64.8 Å². The standard InChI is InChI=1S/C20H28N2O5/c1-7-21(19(25)27-20(3,4)5)22-16(10-11-17(22)23)18(24)15-9-8-14(26-6)12-13(15)2/h8-9,12,16H,7,10-11H2,1-6H3. The number of ether oxygens (including phenoxy) is 2. The van der Waals surface area contributed by atoms with E-state index in [9.17, 15) is 14.4 Å². The summed E-state index contributed by atoms with van der Waals surface area (Å²) in [5.41, 5.74) is 0.582. The number of rotatable bonds is 5. The molecule has 1 unspecified atom stereocenters. The fourth-order valence-corrected chi connectivity index (χ4v) is 3.12. The molecule has 0 spiro atoms. The molecule has 1 fully saturated rings. The molecule has 1 aliphatic heterocycles. The predicted molar refractivity (Wildman–Crippen MR) is 101 cm³/mol. The molecule has 1 aromatic rings. The summed E-state index contributed by atoms with van der Waals surface area (Å²) >= 11 is 0. The first-order chi connectivity index (χ1) is 12.6. The third kappa shape index (κ3) is 4.59. The quantitative estimate of drug-likeness (QED) is 0.737. The third-order valence-electron chi connectivity index (χ3n) is 4.35. The van der Waals surface area contributed by atoms with Crippen molar-refractivity contribution in [2.24, 2.45) is 0 Å². The summed E-state index contributed by atoms with van der Waals surface area (Å²) in [6.45, 7) is 9.07. The van der Waals surface area contributed by atoms with E-state index in [1.807, 2.05) is 6.92 Å². The predicted octanol–water partition coefficient (Wildman–Crippen LogP) is 3.35. The molecule has 1 aromatic carbocycles. The Balaban J connectivity index is 2.31. The summed E-state index contributed by atoms with van der Waals surface area (Å²) in [7, 11) is 1.56. The molecule has 0 N–H and O–H groups in total. The molecule has 0 aliphatic carbocycles. The molecule has 148 valence electrons. The summed E-state index contributed by atoms with van der Waals surface area (Å²) < 4.78 is 10.6. The monoisotopic (exact) mass is 376 g/mol. The first-order valence-electron chi connectivity index (χ1n) is 9.10.